The maximum absolute atomic E-state index is 2.33. The van der Waals surface area contributed by atoms with E-state index in [4.69, 9.17) is 0 Å². The number of hydrogen-bond donors (Lipinski definition) is 0. The summed E-state index contributed by atoms with van der Waals surface area (Å²) < 4.78 is 0. The predicted molar refractivity (Wildman–Crippen MR) is 40.3 cm³/mol. The lowest BCUT2D eigenvalue weighted by Gasteiger charge is -2.10. The molecule has 0 amide bonds. The Morgan fingerprint density at radius 3 is 2.50 bits per heavy atom. The van der Waals surface area contributed by atoms with Gasteiger partial charge in [0.15, 0.2) is 0 Å². The van der Waals surface area contributed by atoms with Gasteiger partial charge in [0.25, 0.3) is 0 Å². The largest absolute Gasteiger partial charge is 0.162 e. The highest BCUT2D eigenvalue weighted by Crippen LogP contribution is 2.28. The molecule has 0 radical (unpaired) electrons. The lowest BCUT2D eigenvalue weighted by molar-refractivity contribution is 0.430. The molecule has 1 rings (SSSR count). The van der Waals surface area contributed by atoms with Gasteiger partial charge >= 0.3 is 0 Å². The van der Waals surface area contributed by atoms with Crippen LogP contribution >= 0.6 is 11.8 Å². The molecule has 0 spiro atoms. The molecule has 0 aliphatic carbocycles. The summed E-state index contributed by atoms with van der Waals surface area (Å²) in [7, 11) is 0. The summed E-state index contributed by atoms with van der Waals surface area (Å²) in [5.74, 6) is 4.77. The lowest BCUT2D eigenvalue weighted by atomic mass is 9.96. The molecule has 0 N–H and O–H groups in total. The topological polar surface area (TPSA) is 0 Å². The molecule has 0 aromatic carbocycles. The average molecular weight is 130 g/mol. The molecule has 48 valence electrons. The van der Waals surface area contributed by atoms with Gasteiger partial charge in [-0.25, -0.2) is 0 Å². The van der Waals surface area contributed by atoms with E-state index in [1.807, 2.05) is 0 Å². The number of rotatable bonds is 1. The molecule has 1 fully saturated rings. The second-order valence-electron chi connectivity index (χ2n) is 2.87. The molecule has 0 aromatic heterocycles. The second-order valence-corrected chi connectivity index (χ2v) is 4.02. The predicted octanol–water partition coefficient (Wildman–Crippen LogP) is 2.40. The number of thioether (sulfide) groups is 1. The first kappa shape index (κ1) is 6.47. The molecule has 0 aromatic rings. The zero-order valence-corrected chi connectivity index (χ0v) is 6.50. The van der Waals surface area contributed by atoms with Crippen molar-refractivity contribution >= 4 is 11.8 Å². The monoisotopic (exact) mass is 130 g/mol. The van der Waals surface area contributed by atoms with E-state index in [1.54, 1.807) is 0 Å². The molecule has 1 aliphatic heterocycles. The van der Waals surface area contributed by atoms with Crippen molar-refractivity contribution < 1.29 is 0 Å². The van der Waals surface area contributed by atoms with Crippen molar-refractivity contribution in [2.45, 2.75) is 20.3 Å². The van der Waals surface area contributed by atoms with Crippen LogP contribution in [0.15, 0.2) is 0 Å². The molecule has 0 unspecified atom stereocenters. The fraction of sp³-hybridized carbons (Fsp3) is 1.00. The first-order valence-electron chi connectivity index (χ1n) is 3.38. The summed E-state index contributed by atoms with van der Waals surface area (Å²) in [6.07, 6.45) is 1.46. The van der Waals surface area contributed by atoms with Crippen LogP contribution in [0.1, 0.15) is 20.3 Å². The van der Waals surface area contributed by atoms with Crippen molar-refractivity contribution in [3.8, 4) is 0 Å². The van der Waals surface area contributed by atoms with E-state index in [0.29, 0.717) is 0 Å². The summed E-state index contributed by atoms with van der Waals surface area (Å²) >= 11 is 2.11. The van der Waals surface area contributed by atoms with Crippen molar-refractivity contribution in [2.75, 3.05) is 11.5 Å². The van der Waals surface area contributed by atoms with Crippen LogP contribution in [0.25, 0.3) is 0 Å². The van der Waals surface area contributed by atoms with Gasteiger partial charge in [-0.2, -0.15) is 11.8 Å². The Hall–Kier alpha value is 0.350. The Morgan fingerprint density at radius 2 is 2.25 bits per heavy atom. The van der Waals surface area contributed by atoms with Crippen LogP contribution in [-0.2, 0) is 0 Å². The van der Waals surface area contributed by atoms with E-state index in [2.05, 4.69) is 25.6 Å². The third-order valence-electron chi connectivity index (χ3n) is 1.91. The van der Waals surface area contributed by atoms with E-state index in [9.17, 15) is 0 Å². The zero-order chi connectivity index (χ0) is 5.98. The van der Waals surface area contributed by atoms with Gasteiger partial charge < -0.3 is 0 Å². The normalized spacial score (nSPS) is 29.6. The summed E-state index contributed by atoms with van der Waals surface area (Å²) in [5.41, 5.74) is 0. The fourth-order valence-electron chi connectivity index (χ4n) is 1.08. The van der Waals surface area contributed by atoms with Gasteiger partial charge in [-0.3, -0.25) is 0 Å². The van der Waals surface area contributed by atoms with E-state index >= 15 is 0 Å². The summed E-state index contributed by atoms with van der Waals surface area (Å²) in [5, 5.41) is 0. The van der Waals surface area contributed by atoms with E-state index in [-0.39, 0.29) is 0 Å². The van der Waals surface area contributed by atoms with Crippen LogP contribution in [0.2, 0.25) is 0 Å². The van der Waals surface area contributed by atoms with Crippen molar-refractivity contribution in [3.63, 3.8) is 0 Å². The SMILES string of the molecule is CC(C)[C@H]1CCSC1. The zero-order valence-electron chi connectivity index (χ0n) is 5.68. The molecular formula is C7H14S. The van der Waals surface area contributed by atoms with Crippen molar-refractivity contribution in [1.82, 2.24) is 0 Å². The van der Waals surface area contributed by atoms with Crippen LogP contribution in [0.3, 0.4) is 0 Å². The summed E-state index contributed by atoms with van der Waals surface area (Å²) in [4.78, 5) is 0. The highest BCUT2D eigenvalue weighted by atomic mass is 32.2. The lowest BCUT2D eigenvalue weighted by Crippen LogP contribution is -2.05. The Balaban J connectivity index is 2.24. The maximum atomic E-state index is 2.33. The van der Waals surface area contributed by atoms with E-state index < -0.39 is 0 Å². The van der Waals surface area contributed by atoms with Crippen molar-refractivity contribution in [1.29, 1.82) is 0 Å². The van der Waals surface area contributed by atoms with Crippen LogP contribution in [0.5, 0.6) is 0 Å². The summed E-state index contributed by atoms with van der Waals surface area (Å²) in [6, 6.07) is 0. The summed E-state index contributed by atoms with van der Waals surface area (Å²) in [6.45, 7) is 4.66. The van der Waals surface area contributed by atoms with E-state index in [0.717, 1.165) is 11.8 Å². The molecule has 0 bridgehead atoms. The highest BCUT2D eigenvalue weighted by Gasteiger charge is 2.17. The maximum Gasteiger partial charge on any atom is -0.00364 e. The molecule has 1 saturated heterocycles. The molecule has 8 heavy (non-hydrogen) atoms. The van der Waals surface area contributed by atoms with Crippen molar-refractivity contribution in [3.05, 3.63) is 0 Å². The third-order valence-corrected chi connectivity index (χ3v) is 3.10. The number of hydrogen-bond acceptors (Lipinski definition) is 1. The van der Waals surface area contributed by atoms with Crippen molar-refractivity contribution in [2.24, 2.45) is 11.8 Å². The molecule has 1 aliphatic rings. The first-order chi connectivity index (χ1) is 3.80. The highest BCUT2D eigenvalue weighted by molar-refractivity contribution is 7.99. The Bertz CT molecular complexity index is 62.8. The molecule has 1 heterocycles. The van der Waals surface area contributed by atoms with Gasteiger partial charge in [0.2, 0.25) is 0 Å². The minimum absolute atomic E-state index is 0.921. The minimum atomic E-state index is 0.921. The fourth-order valence-corrected chi connectivity index (χ4v) is 2.57. The second kappa shape index (κ2) is 2.77. The van der Waals surface area contributed by atoms with Gasteiger partial charge in [0.1, 0.15) is 0 Å². The van der Waals surface area contributed by atoms with Gasteiger partial charge in [-0.15, -0.1) is 0 Å². The van der Waals surface area contributed by atoms with Gasteiger partial charge in [0.05, 0.1) is 0 Å². The standard InChI is InChI=1S/C7H14S/c1-6(2)7-3-4-8-5-7/h6-7H,3-5H2,1-2H3/t7-/m0/s1. The van der Waals surface area contributed by atoms with Gasteiger partial charge in [-0.1, -0.05) is 13.8 Å². The average Bonchev–Trinajstić information content (AvgIpc) is 2.12. The molecule has 0 nitrogen and oxygen atoms in total. The van der Waals surface area contributed by atoms with Gasteiger partial charge in [0, 0.05) is 0 Å². The van der Waals surface area contributed by atoms with E-state index in [1.165, 1.54) is 17.9 Å². The van der Waals surface area contributed by atoms with Crippen LogP contribution in [0, 0.1) is 11.8 Å². The van der Waals surface area contributed by atoms with Gasteiger partial charge in [-0.05, 0) is 29.8 Å². The Labute approximate surface area is 56.0 Å². The van der Waals surface area contributed by atoms with Crippen LogP contribution in [-0.4, -0.2) is 11.5 Å². The smallest absolute Gasteiger partial charge is 0.00364 e. The molecule has 0 saturated carbocycles. The van der Waals surface area contributed by atoms with Crippen LogP contribution in [0.4, 0.5) is 0 Å². The third kappa shape index (κ3) is 1.41. The minimum Gasteiger partial charge on any atom is -0.162 e. The molecule has 1 heteroatoms. The Morgan fingerprint density at radius 1 is 1.50 bits per heavy atom. The van der Waals surface area contributed by atoms with Crippen LogP contribution < -0.4 is 0 Å². The molecule has 1 atom stereocenters. The Kier molecular flexibility index (Phi) is 2.24. The first-order valence-corrected chi connectivity index (χ1v) is 4.54. The quantitative estimate of drug-likeness (QED) is 0.525. The molecular weight excluding hydrogens is 116 g/mol.